The molecule has 38 heavy (non-hydrogen) atoms. The molecule has 6 rings (SSSR count). The molecule has 0 atom stereocenters. The van der Waals surface area contributed by atoms with E-state index in [4.69, 9.17) is 11.6 Å². The molecule has 3 aliphatic rings. The number of fused-ring (bicyclic) bond motifs is 2. The number of nitrogens with zero attached hydrogens (tertiary/aromatic N) is 5. The summed E-state index contributed by atoms with van der Waals surface area (Å²) in [6, 6.07) is 8.20. The van der Waals surface area contributed by atoms with E-state index in [0.717, 1.165) is 52.6 Å². The van der Waals surface area contributed by atoms with Gasteiger partial charge in [0.05, 0.1) is 16.3 Å². The van der Waals surface area contributed by atoms with Gasteiger partial charge < -0.3 is 15.1 Å². The fourth-order valence-electron chi connectivity index (χ4n) is 6.14. The number of hydrogen-bond acceptors (Lipinski definition) is 7. The Balaban J connectivity index is 1.12. The van der Waals surface area contributed by atoms with E-state index in [0.29, 0.717) is 41.8 Å². The van der Waals surface area contributed by atoms with Crippen LogP contribution in [0, 0.1) is 26.7 Å². The minimum Gasteiger partial charge on any atom is -0.349 e. The number of carbonyl (C=O) groups excluding carboxylic acids is 2. The maximum Gasteiger partial charge on any atom is 0.253 e. The lowest BCUT2D eigenvalue weighted by atomic mass is 9.74. The number of hydrogen-bond donors (Lipinski definition) is 1. The summed E-state index contributed by atoms with van der Waals surface area (Å²) in [6.07, 6.45) is 5.27. The first-order valence-corrected chi connectivity index (χ1v) is 14.3. The quantitative estimate of drug-likeness (QED) is 0.499. The molecule has 2 aliphatic heterocycles. The van der Waals surface area contributed by atoms with E-state index in [2.05, 4.69) is 50.5 Å². The van der Waals surface area contributed by atoms with Crippen LogP contribution in [0.25, 0.3) is 0 Å². The summed E-state index contributed by atoms with van der Waals surface area (Å²) in [6.45, 7) is 7.85. The van der Waals surface area contributed by atoms with E-state index in [9.17, 15) is 9.59 Å². The Morgan fingerprint density at radius 3 is 2.61 bits per heavy atom. The van der Waals surface area contributed by atoms with Gasteiger partial charge >= 0.3 is 0 Å². The van der Waals surface area contributed by atoms with Gasteiger partial charge in [0.15, 0.2) is 0 Å². The monoisotopic (exact) mass is 550 g/mol. The Morgan fingerprint density at radius 1 is 1.13 bits per heavy atom. The average molecular weight is 551 g/mol. The zero-order valence-electron chi connectivity index (χ0n) is 21.8. The van der Waals surface area contributed by atoms with E-state index >= 15 is 0 Å². The van der Waals surface area contributed by atoms with Gasteiger partial charge in [-0.1, -0.05) is 35.1 Å². The number of benzene rings is 1. The lowest BCUT2D eigenvalue weighted by molar-refractivity contribution is -0.124. The molecule has 1 spiro atoms. The fraction of sp³-hybridized carbons (Fsp3) is 0.464. The van der Waals surface area contributed by atoms with Crippen LogP contribution in [0.1, 0.15) is 57.9 Å². The van der Waals surface area contributed by atoms with Crippen molar-refractivity contribution < 1.29 is 9.59 Å². The average Bonchev–Trinajstić information content (AvgIpc) is 3.39. The summed E-state index contributed by atoms with van der Waals surface area (Å²) in [4.78, 5) is 35.2. The number of pyridine rings is 1. The van der Waals surface area contributed by atoms with Gasteiger partial charge in [-0.25, -0.2) is 0 Å². The molecule has 10 heteroatoms. The molecule has 2 amide bonds. The summed E-state index contributed by atoms with van der Waals surface area (Å²) in [5.41, 5.74) is 4.05. The topological polar surface area (TPSA) is 91.3 Å². The van der Waals surface area contributed by atoms with Gasteiger partial charge in [0, 0.05) is 37.6 Å². The third kappa shape index (κ3) is 4.35. The molecule has 2 aromatic heterocycles. The van der Waals surface area contributed by atoms with Crippen molar-refractivity contribution in [3.05, 3.63) is 62.9 Å². The van der Waals surface area contributed by atoms with Gasteiger partial charge in [0.25, 0.3) is 5.91 Å². The van der Waals surface area contributed by atoms with Crippen LogP contribution < -0.4 is 15.1 Å². The number of rotatable bonds is 5. The van der Waals surface area contributed by atoms with Crippen LogP contribution in [0.15, 0.2) is 30.5 Å². The highest BCUT2D eigenvalue weighted by Crippen LogP contribution is 2.49. The highest BCUT2D eigenvalue weighted by atomic mass is 35.5. The summed E-state index contributed by atoms with van der Waals surface area (Å²) in [5, 5.41) is 13.9. The van der Waals surface area contributed by atoms with Crippen LogP contribution in [-0.4, -0.2) is 52.7 Å². The minimum atomic E-state index is -0.503. The first-order valence-electron chi connectivity index (χ1n) is 13.1. The molecule has 2 fully saturated rings. The van der Waals surface area contributed by atoms with Crippen molar-refractivity contribution in [3.8, 4) is 0 Å². The zero-order valence-corrected chi connectivity index (χ0v) is 23.4. The molecule has 0 bridgehead atoms. The first-order chi connectivity index (χ1) is 18.2. The van der Waals surface area contributed by atoms with Crippen molar-refractivity contribution >= 4 is 45.6 Å². The molecule has 1 saturated heterocycles. The largest absolute Gasteiger partial charge is 0.349 e. The number of aryl methyl sites for hydroxylation is 3. The van der Waals surface area contributed by atoms with Crippen LogP contribution in [0.4, 0.5) is 10.8 Å². The summed E-state index contributed by atoms with van der Waals surface area (Å²) in [7, 11) is 0. The fourth-order valence-corrected chi connectivity index (χ4v) is 6.99. The van der Waals surface area contributed by atoms with Crippen molar-refractivity contribution in [3.63, 3.8) is 0 Å². The van der Waals surface area contributed by atoms with Gasteiger partial charge in [0.2, 0.25) is 11.0 Å². The molecule has 198 valence electrons. The molecule has 0 radical (unpaired) electrons. The lowest BCUT2D eigenvalue weighted by Crippen LogP contribution is -2.64. The standard InChI is InChI=1S/C28H31ClN6O2S/c1-16-4-9-23-24(10-16)35(26(37)28(23)14-34(15-28)27-33-32-18(3)38-27)13-19-5-7-21(8-6-19)31-25(36)22-11-20(29)12-30-17(22)2/h4,9-12,19,21H,5-8,13-15H2,1-3H3,(H,31,36). The van der Waals surface area contributed by atoms with Crippen LogP contribution in [0.3, 0.4) is 0 Å². The summed E-state index contributed by atoms with van der Waals surface area (Å²) < 4.78 is 0. The third-order valence-corrected chi connectivity index (χ3v) is 9.35. The van der Waals surface area contributed by atoms with Crippen LogP contribution in [0.2, 0.25) is 5.02 Å². The van der Waals surface area contributed by atoms with Gasteiger partial charge in [-0.05, 0) is 75.6 Å². The Hall–Kier alpha value is -3.04. The normalized spacial score (nSPS) is 21.9. The number of anilines is 2. The predicted molar refractivity (Wildman–Crippen MR) is 149 cm³/mol. The summed E-state index contributed by atoms with van der Waals surface area (Å²) >= 11 is 7.62. The molecule has 1 aliphatic carbocycles. The lowest BCUT2D eigenvalue weighted by Gasteiger charge is -2.46. The van der Waals surface area contributed by atoms with Gasteiger partial charge in [-0.2, -0.15) is 0 Å². The van der Waals surface area contributed by atoms with Crippen molar-refractivity contribution in [1.29, 1.82) is 0 Å². The number of nitrogens with one attached hydrogen (secondary N) is 1. The van der Waals surface area contributed by atoms with Gasteiger partial charge in [-0.3, -0.25) is 14.6 Å². The molecule has 1 aromatic carbocycles. The van der Waals surface area contributed by atoms with Gasteiger partial charge in [0.1, 0.15) is 10.4 Å². The Morgan fingerprint density at radius 2 is 1.89 bits per heavy atom. The van der Waals surface area contributed by atoms with Gasteiger partial charge in [-0.15, -0.1) is 10.2 Å². The Bertz CT molecular complexity index is 1410. The minimum absolute atomic E-state index is 0.114. The second kappa shape index (κ2) is 9.61. The molecule has 0 unspecified atom stereocenters. The van der Waals surface area contributed by atoms with E-state index < -0.39 is 5.41 Å². The van der Waals surface area contributed by atoms with E-state index in [1.54, 1.807) is 23.6 Å². The predicted octanol–water partition coefficient (Wildman–Crippen LogP) is 4.61. The highest BCUT2D eigenvalue weighted by Gasteiger charge is 2.58. The molecule has 8 nitrogen and oxygen atoms in total. The van der Waals surface area contributed by atoms with E-state index in [1.165, 1.54) is 0 Å². The second-order valence-electron chi connectivity index (χ2n) is 11.0. The molecular weight excluding hydrogens is 520 g/mol. The van der Waals surface area contributed by atoms with E-state index in [-0.39, 0.29) is 17.9 Å². The highest BCUT2D eigenvalue weighted by molar-refractivity contribution is 7.15. The Labute approximate surface area is 231 Å². The maximum absolute atomic E-state index is 14.0. The molecule has 4 heterocycles. The summed E-state index contributed by atoms with van der Waals surface area (Å²) in [5.74, 6) is 0.476. The van der Waals surface area contributed by atoms with Crippen LogP contribution in [-0.2, 0) is 10.2 Å². The molecule has 3 aromatic rings. The number of halogens is 1. The van der Waals surface area contributed by atoms with Crippen molar-refractivity contribution in [1.82, 2.24) is 20.5 Å². The van der Waals surface area contributed by atoms with E-state index in [1.807, 2.05) is 18.7 Å². The van der Waals surface area contributed by atoms with Crippen molar-refractivity contribution in [2.45, 2.75) is 57.9 Å². The van der Waals surface area contributed by atoms with Crippen LogP contribution in [0.5, 0.6) is 0 Å². The maximum atomic E-state index is 14.0. The number of amides is 2. The van der Waals surface area contributed by atoms with Crippen LogP contribution >= 0.6 is 22.9 Å². The smallest absolute Gasteiger partial charge is 0.253 e. The number of carbonyl (C=O) groups is 2. The molecule has 1 N–H and O–H groups in total. The molecule has 1 saturated carbocycles. The molecular formula is C28H31ClN6O2S. The first kappa shape index (κ1) is 25.2. The SMILES string of the molecule is Cc1ccc2c(c1)N(CC1CCC(NC(=O)c3cc(Cl)cnc3C)CC1)C(=O)C21CN(c2nnc(C)s2)C1. The second-order valence-corrected chi connectivity index (χ2v) is 12.6. The number of aromatic nitrogens is 3. The van der Waals surface area contributed by atoms with Crippen molar-refractivity contribution in [2.75, 3.05) is 29.4 Å². The third-order valence-electron chi connectivity index (χ3n) is 8.24. The zero-order chi connectivity index (χ0) is 26.6. The Kier molecular flexibility index (Phi) is 6.39. The van der Waals surface area contributed by atoms with Crippen molar-refractivity contribution in [2.24, 2.45) is 5.92 Å².